The third kappa shape index (κ3) is 1.89. The monoisotopic (exact) mass is 328 g/mol. The van der Waals surface area contributed by atoms with E-state index in [1.165, 1.54) is 6.42 Å². The average molecular weight is 330 g/mol. The van der Waals surface area contributed by atoms with Crippen molar-refractivity contribution in [1.29, 1.82) is 0 Å². The number of imidazole rings is 1. The molecule has 0 aliphatic heterocycles. The Kier molecular flexibility index (Phi) is 2.99. The van der Waals surface area contributed by atoms with Crippen molar-refractivity contribution in [2.45, 2.75) is 25.7 Å². The van der Waals surface area contributed by atoms with E-state index in [9.17, 15) is 5.11 Å². The number of hydrogen-bond donors (Lipinski definition) is 1. The van der Waals surface area contributed by atoms with Crippen LogP contribution in [0.2, 0.25) is 5.28 Å². The van der Waals surface area contributed by atoms with Gasteiger partial charge in [-0.05, 0) is 53.2 Å². The molecule has 18 heavy (non-hydrogen) atoms. The predicted octanol–water partition coefficient (Wildman–Crippen LogP) is 3.36. The van der Waals surface area contributed by atoms with Crippen molar-refractivity contribution >= 4 is 44.4 Å². The first-order chi connectivity index (χ1) is 8.66. The maximum absolute atomic E-state index is 9.74. The molecule has 7 heteroatoms. The van der Waals surface area contributed by atoms with Crippen molar-refractivity contribution in [2.24, 2.45) is 0 Å². The second-order valence-corrected chi connectivity index (χ2v) is 5.19. The van der Waals surface area contributed by atoms with Gasteiger partial charge in [0, 0.05) is 5.70 Å². The molecule has 2 aromatic heterocycles. The Hall–Kier alpha value is -1.14. The molecule has 0 aromatic carbocycles. The first-order valence-corrected chi connectivity index (χ1v) is 6.84. The maximum atomic E-state index is 9.74. The van der Waals surface area contributed by atoms with Gasteiger partial charge in [-0.2, -0.15) is 9.97 Å². The molecule has 1 N–H and O–H groups in total. The molecule has 0 amide bonds. The largest absolute Gasteiger partial charge is 0.492 e. The van der Waals surface area contributed by atoms with E-state index in [0.29, 0.717) is 15.9 Å². The van der Waals surface area contributed by atoms with E-state index in [-0.39, 0.29) is 11.2 Å². The molecule has 0 saturated carbocycles. The number of fused-ring (bicyclic) bond motifs is 1. The zero-order valence-corrected chi connectivity index (χ0v) is 11.7. The highest BCUT2D eigenvalue weighted by Crippen LogP contribution is 2.32. The van der Waals surface area contributed by atoms with Gasteiger partial charge in [-0.15, -0.1) is 0 Å². The van der Waals surface area contributed by atoms with Crippen molar-refractivity contribution < 1.29 is 5.11 Å². The van der Waals surface area contributed by atoms with E-state index < -0.39 is 0 Å². The summed E-state index contributed by atoms with van der Waals surface area (Å²) in [5.74, 6) is -0.194. The molecule has 3 rings (SSSR count). The molecule has 0 radical (unpaired) electrons. The lowest BCUT2D eigenvalue weighted by molar-refractivity contribution is 0.458. The van der Waals surface area contributed by atoms with Crippen LogP contribution >= 0.6 is 27.5 Å². The van der Waals surface area contributed by atoms with E-state index in [1.54, 1.807) is 0 Å². The number of hydrogen-bond acceptors (Lipinski definition) is 4. The van der Waals surface area contributed by atoms with Crippen LogP contribution in [-0.2, 0) is 0 Å². The van der Waals surface area contributed by atoms with Gasteiger partial charge in [0.15, 0.2) is 15.9 Å². The van der Waals surface area contributed by atoms with Gasteiger partial charge >= 0.3 is 0 Å². The average Bonchev–Trinajstić information content (AvgIpc) is 2.67. The quantitative estimate of drug-likeness (QED) is 0.643. The lowest BCUT2D eigenvalue weighted by atomic mass is 10.0. The predicted molar refractivity (Wildman–Crippen MR) is 72.4 cm³/mol. The molecule has 1 aliphatic rings. The molecule has 0 spiro atoms. The van der Waals surface area contributed by atoms with E-state index in [4.69, 9.17) is 11.6 Å². The minimum atomic E-state index is -0.194. The maximum Gasteiger partial charge on any atom is 0.244 e. The molecule has 0 atom stereocenters. The van der Waals surface area contributed by atoms with Crippen LogP contribution in [-0.4, -0.2) is 24.6 Å². The number of aromatic hydroxyl groups is 1. The van der Waals surface area contributed by atoms with Crippen molar-refractivity contribution in [1.82, 2.24) is 19.5 Å². The molecular weight excluding hydrogens is 320 g/mol. The number of allylic oxidation sites excluding steroid dienone is 2. The molecule has 2 heterocycles. The Morgan fingerprint density at radius 1 is 1.28 bits per heavy atom. The lowest BCUT2D eigenvalue weighted by Gasteiger charge is -2.14. The minimum absolute atomic E-state index is 0.0186. The van der Waals surface area contributed by atoms with Crippen LogP contribution < -0.4 is 0 Å². The Bertz CT molecular complexity index is 652. The lowest BCUT2D eigenvalue weighted by Crippen LogP contribution is -2.02. The molecule has 5 nitrogen and oxygen atoms in total. The summed E-state index contributed by atoms with van der Waals surface area (Å²) < 4.78 is 2.49. The Morgan fingerprint density at radius 3 is 2.83 bits per heavy atom. The third-order valence-electron chi connectivity index (χ3n) is 2.97. The second-order valence-electron chi connectivity index (χ2n) is 4.15. The molecular formula is C11H10BrClN4O. The topological polar surface area (TPSA) is 63.8 Å². The molecule has 0 saturated heterocycles. The van der Waals surface area contributed by atoms with Gasteiger partial charge < -0.3 is 5.11 Å². The normalized spacial score (nSPS) is 16.0. The van der Waals surface area contributed by atoms with Gasteiger partial charge in [-0.25, -0.2) is 4.98 Å². The molecule has 1 aliphatic carbocycles. The fourth-order valence-electron chi connectivity index (χ4n) is 2.17. The zero-order valence-electron chi connectivity index (χ0n) is 9.40. The molecule has 94 valence electrons. The highest BCUT2D eigenvalue weighted by molar-refractivity contribution is 9.10. The minimum Gasteiger partial charge on any atom is -0.492 e. The van der Waals surface area contributed by atoms with Crippen molar-refractivity contribution in [3.05, 3.63) is 16.1 Å². The first kappa shape index (κ1) is 11.9. The summed E-state index contributed by atoms with van der Waals surface area (Å²) in [5.41, 5.74) is 2.02. The number of aromatic nitrogens is 4. The van der Waals surface area contributed by atoms with Gasteiger partial charge in [0.2, 0.25) is 11.2 Å². The summed E-state index contributed by atoms with van der Waals surface area (Å²) in [6.07, 6.45) is 6.53. The van der Waals surface area contributed by atoms with Gasteiger partial charge in [0.1, 0.15) is 0 Å². The van der Waals surface area contributed by atoms with Crippen molar-refractivity contribution in [3.63, 3.8) is 0 Å². The van der Waals surface area contributed by atoms with Crippen LogP contribution in [0.5, 0.6) is 5.88 Å². The van der Waals surface area contributed by atoms with Crippen LogP contribution in [0.3, 0.4) is 0 Å². The highest BCUT2D eigenvalue weighted by atomic mass is 79.9. The Labute approximate surface area is 117 Å². The van der Waals surface area contributed by atoms with Crippen LogP contribution in [0, 0.1) is 0 Å². The number of halogens is 2. The third-order valence-corrected chi connectivity index (χ3v) is 3.68. The van der Waals surface area contributed by atoms with Gasteiger partial charge in [-0.1, -0.05) is 6.08 Å². The zero-order chi connectivity index (χ0) is 12.7. The van der Waals surface area contributed by atoms with Crippen molar-refractivity contribution in [3.8, 4) is 5.88 Å². The first-order valence-electron chi connectivity index (χ1n) is 5.66. The Morgan fingerprint density at radius 2 is 2.11 bits per heavy atom. The number of nitrogens with zero attached hydrogens (tertiary/aromatic N) is 4. The summed E-state index contributed by atoms with van der Waals surface area (Å²) in [7, 11) is 0. The van der Waals surface area contributed by atoms with Crippen LogP contribution in [0.4, 0.5) is 0 Å². The highest BCUT2D eigenvalue weighted by Gasteiger charge is 2.19. The molecule has 0 fully saturated rings. The SMILES string of the molecule is Oc1nc(Cl)nc2c1nc(Br)n2C1=CCCCC1. The van der Waals surface area contributed by atoms with Gasteiger partial charge in [0.05, 0.1) is 0 Å². The summed E-state index contributed by atoms with van der Waals surface area (Å²) >= 11 is 9.18. The van der Waals surface area contributed by atoms with Gasteiger partial charge in [0.25, 0.3) is 0 Å². The second kappa shape index (κ2) is 4.51. The van der Waals surface area contributed by atoms with Crippen molar-refractivity contribution in [2.75, 3.05) is 0 Å². The van der Waals surface area contributed by atoms with Crippen LogP contribution in [0.1, 0.15) is 25.7 Å². The van der Waals surface area contributed by atoms with Crippen LogP contribution in [0.15, 0.2) is 10.8 Å². The standard InChI is InChI=1S/C11H10BrClN4O/c12-10-14-7-8(15-11(13)16-9(7)18)17(10)6-4-2-1-3-5-6/h4H,1-3,5H2,(H,15,16,18). The van der Waals surface area contributed by atoms with E-state index in [1.807, 2.05) is 4.57 Å². The smallest absolute Gasteiger partial charge is 0.244 e. The molecule has 0 unspecified atom stereocenters. The van der Waals surface area contributed by atoms with Crippen LogP contribution in [0.25, 0.3) is 16.9 Å². The summed E-state index contributed by atoms with van der Waals surface area (Å²) in [6, 6.07) is 0. The molecule has 2 aromatic rings. The fraction of sp³-hybridized carbons (Fsp3) is 0.364. The Balaban J connectivity index is 2.28. The summed E-state index contributed by atoms with van der Waals surface area (Å²) in [5, 5.41) is 9.76. The number of rotatable bonds is 1. The van der Waals surface area contributed by atoms with E-state index in [2.05, 4.69) is 37.0 Å². The molecule has 0 bridgehead atoms. The summed E-state index contributed by atoms with van der Waals surface area (Å²) in [6.45, 7) is 0. The van der Waals surface area contributed by atoms with E-state index in [0.717, 1.165) is 25.0 Å². The fourth-order valence-corrected chi connectivity index (χ4v) is 2.90. The van der Waals surface area contributed by atoms with Gasteiger partial charge in [-0.3, -0.25) is 4.57 Å². The van der Waals surface area contributed by atoms with E-state index >= 15 is 0 Å². The summed E-state index contributed by atoms with van der Waals surface area (Å²) in [4.78, 5) is 12.1.